The molecule has 0 bridgehead atoms. The topological polar surface area (TPSA) is 126 Å². The molecular formula is C20H31O8PSi. The van der Waals surface area contributed by atoms with Crippen molar-refractivity contribution >= 4 is 15.4 Å². The Morgan fingerprint density at radius 2 is 1.67 bits per heavy atom. The van der Waals surface area contributed by atoms with E-state index in [2.05, 4.69) is 11.5 Å². The first kappa shape index (κ1) is 24.9. The maximum Gasteiger partial charge on any atom is 0.229 e. The molecule has 0 saturated carbocycles. The molecule has 1 fully saturated rings. The van der Waals surface area contributed by atoms with Gasteiger partial charge in [0.05, 0.1) is 19.4 Å². The van der Waals surface area contributed by atoms with Gasteiger partial charge in [-0.1, -0.05) is 19.6 Å². The lowest BCUT2D eigenvalue weighted by Crippen LogP contribution is -2.59. The first-order valence-corrected chi connectivity index (χ1v) is 15.3. The van der Waals surface area contributed by atoms with Crippen molar-refractivity contribution in [2.24, 2.45) is 0 Å². The number of aliphatic hydroxyl groups is 3. The summed E-state index contributed by atoms with van der Waals surface area (Å²) in [4.78, 5) is 10.2. The fourth-order valence-electron chi connectivity index (χ4n) is 2.88. The van der Waals surface area contributed by atoms with Crippen LogP contribution in [0.4, 0.5) is 0 Å². The van der Waals surface area contributed by atoms with E-state index in [1.807, 2.05) is 19.6 Å². The number of ether oxygens (including phenoxy) is 3. The monoisotopic (exact) mass is 458 g/mol. The number of benzene rings is 1. The van der Waals surface area contributed by atoms with Crippen molar-refractivity contribution in [2.75, 3.05) is 19.4 Å². The third kappa shape index (κ3) is 7.40. The largest absolute Gasteiger partial charge is 0.497 e. The fraction of sp³-hybridized carbons (Fsp3) is 0.600. The Balaban J connectivity index is 2.00. The smallest absolute Gasteiger partial charge is 0.229 e. The van der Waals surface area contributed by atoms with Gasteiger partial charge >= 0.3 is 0 Å². The molecule has 2 unspecified atom stereocenters. The van der Waals surface area contributed by atoms with Crippen molar-refractivity contribution < 1.29 is 39.0 Å². The van der Waals surface area contributed by atoms with E-state index in [-0.39, 0.29) is 18.7 Å². The van der Waals surface area contributed by atoms with E-state index in [0.29, 0.717) is 11.5 Å². The molecule has 0 aromatic heterocycles. The Hall–Kier alpha value is -1.37. The van der Waals surface area contributed by atoms with Gasteiger partial charge in [0, 0.05) is 6.16 Å². The van der Waals surface area contributed by atoms with Crippen LogP contribution in [0, 0.1) is 11.5 Å². The highest BCUT2D eigenvalue weighted by atomic mass is 31.2. The van der Waals surface area contributed by atoms with Crippen LogP contribution >= 0.6 is 7.37 Å². The zero-order valence-corrected chi connectivity index (χ0v) is 19.6. The Kier molecular flexibility index (Phi) is 8.54. The normalized spacial score (nSPS) is 28.7. The predicted octanol–water partition coefficient (Wildman–Crippen LogP) is 1.42. The summed E-state index contributed by atoms with van der Waals surface area (Å²) < 4.78 is 28.7. The minimum Gasteiger partial charge on any atom is -0.497 e. The van der Waals surface area contributed by atoms with Gasteiger partial charge in [0.25, 0.3) is 0 Å². The van der Waals surface area contributed by atoms with Gasteiger partial charge < -0.3 is 34.4 Å². The van der Waals surface area contributed by atoms with Gasteiger partial charge in [0.2, 0.25) is 13.7 Å². The standard InChI is InChI=1S/C20H31O8PSi/c1-26-14-6-8-15(9-7-14)27-20-19(23)18(22)17(21)16(28-20)10-12-29(24,25)11-5-13-30(2,3)4/h6-9,16-23H,10-12H2,1-4H3,(H,24,25)/t16-,17-,18+,19+,20?/m1/s1. The van der Waals surface area contributed by atoms with Crippen LogP contribution in [0.5, 0.6) is 11.5 Å². The Morgan fingerprint density at radius 1 is 1.07 bits per heavy atom. The molecule has 0 radical (unpaired) electrons. The molecule has 8 nitrogen and oxygen atoms in total. The minimum atomic E-state index is -3.54. The molecule has 10 heteroatoms. The second-order valence-corrected chi connectivity index (χ2v) is 15.6. The van der Waals surface area contributed by atoms with Gasteiger partial charge in [-0.3, -0.25) is 4.57 Å². The molecule has 168 valence electrons. The average molecular weight is 459 g/mol. The zero-order valence-electron chi connectivity index (χ0n) is 17.7. The first-order valence-electron chi connectivity index (χ1n) is 9.73. The molecule has 1 heterocycles. The van der Waals surface area contributed by atoms with E-state index >= 15 is 0 Å². The maximum absolute atomic E-state index is 12.4. The zero-order chi connectivity index (χ0) is 22.5. The summed E-state index contributed by atoms with van der Waals surface area (Å²) in [6, 6.07) is 6.55. The van der Waals surface area contributed by atoms with Crippen LogP contribution in [-0.2, 0) is 9.30 Å². The number of aliphatic hydroxyl groups excluding tert-OH is 3. The van der Waals surface area contributed by atoms with E-state index in [1.165, 1.54) is 7.11 Å². The molecule has 6 atom stereocenters. The van der Waals surface area contributed by atoms with Gasteiger partial charge in [-0.15, -0.1) is 11.5 Å². The molecule has 1 aromatic rings. The number of methoxy groups -OCH3 is 1. The number of rotatable bonds is 7. The highest BCUT2D eigenvalue weighted by Gasteiger charge is 2.45. The summed E-state index contributed by atoms with van der Waals surface area (Å²) in [6.45, 7) is 6.14. The Morgan fingerprint density at radius 3 is 2.23 bits per heavy atom. The lowest BCUT2D eigenvalue weighted by atomic mass is 9.97. The summed E-state index contributed by atoms with van der Waals surface area (Å²) in [5, 5.41) is 30.6. The number of hydrogen-bond donors (Lipinski definition) is 4. The van der Waals surface area contributed by atoms with Crippen molar-refractivity contribution in [3.63, 3.8) is 0 Å². The highest BCUT2D eigenvalue weighted by molar-refractivity contribution is 7.58. The van der Waals surface area contributed by atoms with Gasteiger partial charge in [-0.25, -0.2) is 0 Å². The van der Waals surface area contributed by atoms with Gasteiger partial charge in [-0.2, -0.15) is 0 Å². The average Bonchev–Trinajstić information content (AvgIpc) is 2.67. The van der Waals surface area contributed by atoms with Crippen molar-refractivity contribution in [2.45, 2.75) is 56.8 Å². The lowest BCUT2D eigenvalue weighted by molar-refractivity contribution is -0.272. The molecule has 2 rings (SSSR count). The molecule has 4 N–H and O–H groups in total. The quantitative estimate of drug-likeness (QED) is 0.275. The van der Waals surface area contributed by atoms with E-state index < -0.39 is 46.1 Å². The molecule has 1 saturated heterocycles. The molecule has 0 aliphatic carbocycles. The SMILES string of the molecule is COc1ccc(OC2O[C@H](CCP(=O)(O)CC#C[Si](C)(C)C)[C@@H](O)[C@H](O)[C@@H]2O)cc1. The van der Waals surface area contributed by atoms with Gasteiger partial charge in [0.15, 0.2) is 0 Å². The summed E-state index contributed by atoms with van der Waals surface area (Å²) in [7, 11) is -3.65. The third-order valence-electron chi connectivity index (χ3n) is 4.53. The van der Waals surface area contributed by atoms with E-state index in [1.54, 1.807) is 24.3 Å². The Bertz CT molecular complexity index is 798. The van der Waals surface area contributed by atoms with Crippen LogP contribution in [0.2, 0.25) is 19.6 Å². The van der Waals surface area contributed by atoms with Crippen LogP contribution in [0.1, 0.15) is 6.42 Å². The van der Waals surface area contributed by atoms with Crippen LogP contribution in [0.3, 0.4) is 0 Å². The van der Waals surface area contributed by atoms with Crippen molar-refractivity contribution in [1.29, 1.82) is 0 Å². The van der Waals surface area contributed by atoms with Crippen molar-refractivity contribution in [1.82, 2.24) is 0 Å². The predicted molar refractivity (Wildman–Crippen MR) is 116 cm³/mol. The van der Waals surface area contributed by atoms with Crippen molar-refractivity contribution in [3.8, 4) is 23.0 Å². The minimum absolute atomic E-state index is 0.00975. The van der Waals surface area contributed by atoms with Crippen LogP contribution in [-0.4, -0.2) is 78.4 Å². The molecular weight excluding hydrogens is 427 g/mol. The summed E-state index contributed by atoms with van der Waals surface area (Å²) >= 11 is 0. The van der Waals surface area contributed by atoms with E-state index in [0.717, 1.165) is 0 Å². The molecule has 1 aliphatic rings. The second kappa shape index (κ2) is 10.3. The Labute approximate surface area is 178 Å². The highest BCUT2D eigenvalue weighted by Crippen LogP contribution is 2.42. The lowest BCUT2D eigenvalue weighted by Gasteiger charge is -2.40. The first-order chi connectivity index (χ1) is 13.9. The van der Waals surface area contributed by atoms with Crippen LogP contribution in [0.15, 0.2) is 24.3 Å². The second-order valence-electron chi connectivity index (χ2n) is 8.38. The molecule has 0 spiro atoms. The van der Waals surface area contributed by atoms with Crippen molar-refractivity contribution in [3.05, 3.63) is 24.3 Å². The van der Waals surface area contributed by atoms with Crippen LogP contribution < -0.4 is 9.47 Å². The summed E-state index contributed by atoms with van der Waals surface area (Å²) in [5.74, 6) is 3.80. The summed E-state index contributed by atoms with van der Waals surface area (Å²) in [6.07, 6.45) is -6.88. The van der Waals surface area contributed by atoms with Gasteiger partial charge in [-0.05, 0) is 30.7 Å². The molecule has 0 amide bonds. The third-order valence-corrected chi connectivity index (χ3v) is 7.07. The summed E-state index contributed by atoms with van der Waals surface area (Å²) in [5.41, 5.74) is 3.05. The van der Waals surface area contributed by atoms with E-state index in [4.69, 9.17) is 14.2 Å². The van der Waals surface area contributed by atoms with Gasteiger partial charge in [0.1, 0.15) is 37.9 Å². The maximum atomic E-state index is 12.4. The molecule has 30 heavy (non-hydrogen) atoms. The van der Waals surface area contributed by atoms with Crippen LogP contribution in [0.25, 0.3) is 0 Å². The molecule has 1 aliphatic heterocycles. The number of hydrogen-bond acceptors (Lipinski definition) is 7. The fourth-order valence-corrected chi connectivity index (χ4v) is 4.79. The molecule has 1 aromatic carbocycles. The van der Waals surface area contributed by atoms with E-state index in [9.17, 15) is 24.8 Å².